The quantitative estimate of drug-likeness (QED) is 0.542. The zero-order chi connectivity index (χ0) is 18.4. The van der Waals surface area contributed by atoms with Gasteiger partial charge in [0.2, 0.25) is 17.0 Å². The third-order valence-electron chi connectivity index (χ3n) is 3.61. The highest BCUT2D eigenvalue weighted by molar-refractivity contribution is 7.99. The highest BCUT2D eigenvalue weighted by Crippen LogP contribution is 2.24. The van der Waals surface area contributed by atoms with E-state index in [1.54, 1.807) is 19.5 Å². The van der Waals surface area contributed by atoms with E-state index < -0.39 is 0 Å². The number of anilines is 1. The first-order valence-corrected chi connectivity index (χ1v) is 8.78. The summed E-state index contributed by atoms with van der Waals surface area (Å²) in [5.41, 5.74) is 7.36. The molecule has 3 aromatic rings. The first-order chi connectivity index (χ1) is 12.7. The van der Waals surface area contributed by atoms with E-state index in [1.165, 1.54) is 11.8 Å². The van der Waals surface area contributed by atoms with Crippen molar-refractivity contribution < 1.29 is 9.53 Å². The standard InChI is InChI=1S/C17H18N6O2S/c1-25-13-4-2-11(3-5-13)15(12-6-8-19-9-7-12)20-14(24)10-26-17-21-16(18)22-23-17/h2-9,15H,10H2,1H3,(H,20,24)(H3,18,21,22,23). The molecule has 9 heteroatoms. The van der Waals surface area contributed by atoms with E-state index in [-0.39, 0.29) is 23.7 Å². The Morgan fingerprint density at radius 3 is 2.54 bits per heavy atom. The van der Waals surface area contributed by atoms with Crippen LogP contribution in [0.1, 0.15) is 17.2 Å². The molecule has 0 radical (unpaired) electrons. The van der Waals surface area contributed by atoms with E-state index in [1.807, 2.05) is 36.4 Å². The van der Waals surface area contributed by atoms with E-state index in [0.29, 0.717) is 5.16 Å². The Bertz CT molecular complexity index is 853. The molecular weight excluding hydrogens is 352 g/mol. The maximum atomic E-state index is 12.4. The molecule has 4 N–H and O–H groups in total. The minimum absolute atomic E-state index is 0.143. The molecule has 0 saturated heterocycles. The monoisotopic (exact) mass is 370 g/mol. The summed E-state index contributed by atoms with van der Waals surface area (Å²) >= 11 is 1.21. The third kappa shape index (κ3) is 4.51. The Morgan fingerprint density at radius 1 is 1.23 bits per heavy atom. The fourth-order valence-electron chi connectivity index (χ4n) is 2.37. The van der Waals surface area contributed by atoms with Crippen LogP contribution in [-0.4, -0.2) is 38.9 Å². The molecule has 2 heterocycles. The second-order valence-electron chi connectivity index (χ2n) is 5.35. The van der Waals surface area contributed by atoms with E-state index in [9.17, 15) is 4.79 Å². The van der Waals surface area contributed by atoms with Crippen molar-refractivity contribution in [1.29, 1.82) is 0 Å². The Hall–Kier alpha value is -3.07. The molecule has 0 aliphatic rings. The summed E-state index contributed by atoms with van der Waals surface area (Å²) in [4.78, 5) is 20.4. The highest BCUT2D eigenvalue weighted by Gasteiger charge is 2.17. The predicted octanol–water partition coefficient (Wildman–Crippen LogP) is 1.79. The number of nitrogens with one attached hydrogen (secondary N) is 2. The number of carbonyl (C=O) groups is 1. The van der Waals surface area contributed by atoms with Crippen LogP contribution in [0.4, 0.5) is 5.95 Å². The van der Waals surface area contributed by atoms with Crippen LogP contribution in [0, 0.1) is 0 Å². The molecule has 26 heavy (non-hydrogen) atoms. The van der Waals surface area contributed by atoms with E-state index in [4.69, 9.17) is 10.5 Å². The number of nitrogen functional groups attached to an aromatic ring is 1. The average molecular weight is 370 g/mol. The van der Waals surface area contributed by atoms with E-state index in [0.717, 1.165) is 16.9 Å². The Morgan fingerprint density at radius 2 is 1.92 bits per heavy atom. The number of pyridine rings is 1. The molecule has 0 bridgehead atoms. The van der Waals surface area contributed by atoms with E-state index in [2.05, 4.69) is 25.5 Å². The van der Waals surface area contributed by atoms with Gasteiger partial charge in [0.05, 0.1) is 18.9 Å². The van der Waals surface area contributed by atoms with Crippen LogP contribution < -0.4 is 15.8 Å². The van der Waals surface area contributed by atoms with Crippen molar-refractivity contribution in [3.05, 3.63) is 59.9 Å². The fraction of sp³-hybridized carbons (Fsp3) is 0.176. The van der Waals surface area contributed by atoms with Gasteiger partial charge in [-0.25, -0.2) is 5.10 Å². The number of methoxy groups -OCH3 is 1. The van der Waals surface area contributed by atoms with Gasteiger partial charge in [-0.2, -0.15) is 4.98 Å². The third-order valence-corrected chi connectivity index (χ3v) is 4.46. The summed E-state index contributed by atoms with van der Waals surface area (Å²) in [6.07, 6.45) is 3.40. The second-order valence-corrected chi connectivity index (χ2v) is 6.29. The number of thioether (sulfide) groups is 1. The van der Waals surface area contributed by atoms with Gasteiger partial charge in [-0.05, 0) is 35.4 Å². The van der Waals surface area contributed by atoms with Gasteiger partial charge < -0.3 is 15.8 Å². The summed E-state index contributed by atoms with van der Waals surface area (Å²) in [6.45, 7) is 0. The zero-order valence-electron chi connectivity index (χ0n) is 14.0. The van der Waals surface area contributed by atoms with Crippen molar-refractivity contribution in [3.8, 4) is 5.75 Å². The molecule has 0 aliphatic carbocycles. The SMILES string of the molecule is COc1ccc(C(NC(=O)CSc2n[nH]c(N)n2)c2ccncc2)cc1. The van der Waals surface area contributed by atoms with Crippen molar-refractivity contribution in [2.45, 2.75) is 11.2 Å². The number of hydrogen-bond acceptors (Lipinski definition) is 7. The van der Waals surface area contributed by atoms with Crippen LogP contribution in [0.15, 0.2) is 53.9 Å². The Kier molecular flexibility index (Phi) is 5.69. The topological polar surface area (TPSA) is 119 Å². The highest BCUT2D eigenvalue weighted by atomic mass is 32.2. The van der Waals surface area contributed by atoms with Crippen molar-refractivity contribution >= 4 is 23.6 Å². The predicted molar refractivity (Wildman–Crippen MR) is 98.7 cm³/mol. The number of nitrogens with two attached hydrogens (primary N) is 1. The number of carbonyl (C=O) groups excluding carboxylic acids is 1. The largest absolute Gasteiger partial charge is 0.497 e. The number of ether oxygens (including phenoxy) is 1. The molecule has 134 valence electrons. The number of H-pyrrole nitrogens is 1. The minimum Gasteiger partial charge on any atom is -0.497 e. The Labute approximate surface area is 154 Å². The molecule has 0 aliphatic heterocycles. The zero-order valence-corrected chi connectivity index (χ0v) is 14.9. The number of amides is 1. The van der Waals surface area contributed by atoms with Gasteiger partial charge in [0.25, 0.3) is 0 Å². The van der Waals surface area contributed by atoms with Gasteiger partial charge in [0.15, 0.2) is 0 Å². The molecule has 1 aromatic carbocycles. The lowest BCUT2D eigenvalue weighted by Gasteiger charge is -2.20. The van der Waals surface area contributed by atoms with Crippen molar-refractivity contribution in [1.82, 2.24) is 25.5 Å². The normalized spacial score (nSPS) is 11.7. The van der Waals surface area contributed by atoms with Gasteiger partial charge in [0.1, 0.15) is 5.75 Å². The number of hydrogen-bond donors (Lipinski definition) is 3. The Balaban J connectivity index is 1.73. The second kappa shape index (κ2) is 8.34. The number of rotatable bonds is 7. The average Bonchev–Trinajstić information content (AvgIpc) is 3.10. The molecule has 3 rings (SSSR count). The minimum atomic E-state index is -0.297. The summed E-state index contributed by atoms with van der Waals surface area (Å²) in [6, 6.07) is 11.0. The smallest absolute Gasteiger partial charge is 0.231 e. The summed E-state index contributed by atoms with van der Waals surface area (Å²) < 4.78 is 5.20. The molecule has 1 atom stereocenters. The lowest BCUT2D eigenvalue weighted by atomic mass is 9.99. The molecule has 0 spiro atoms. The summed E-state index contributed by atoms with van der Waals surface area (Å²) in [5.74, 6) is 1.01. The van der Waals surface area contributed by atoms with Gasteiger partial charge >= 0.3 is 0 Å². The van der Waals surface area contributed by atoms with Crippen molar-refractivity contribution in [2.24, 2.45) is 0 Å². The van der Waals surface area contributed by atoms with E-state index >= 15 is 0 Å². The molecule has 2 aromatic heterocycles. The molecule has 8 nitrogen and oxygen atoms in total. The van der Waals surface area contributed by atoms with Crippen LogP contribution in [0.2, 0.25) is 0 Å². The molecule has 1 amide bonds. The molecule has 0 fully saturated rings. The number of benzene rings is 1. The fourth-order valence-corrected chi connectivity index (χ4v) is 2.98. The summed E-state index contributed by atoms with van der Waals surface area (Å²) in [5, 5.41) is 9.91. The maximum Gasteiger partial charge on any atom is 0.231 e. The van der Waals surface area contributed by atoms with Crippen molar-refractivity contribution in [2.75, 3.05) is 18.6 Å². The molecule has 1 unspecified atom stereocenters. The summed E-state index contributed by atoms with van der Waals surface area (Å²) in [7, 11) is 1.62. The van der Waals surface area contributed by atoms with Crippen LogP contribution >= 0.6 is 11.8 Å². The van der Waals surface area contributed by atoms with Gasteiger partial charge in [0, 0.05) is 12.4 Å². The first-order valence-electron chi connectivity index (χ1n) is 7.79. The van der Waals surface area contributed by atoms with Gasteiger partial charge in [-0.1, -0.05) is 23.9 Å². The van der Waals surface area contributed by atoms with Crippen LogP contribution in [-0.2, 0) is 4.79 Å². The van der Waals surface area contributed by atoms with Gasteiger partial charge in [-0.3, -0.25) is 9.78 Å². The number of aromatic amines is 1. The maximum absolute atomic E-state index is 12.4. The molecule has 0 saturated carbocycles. The van der Waals surface area contributed by atoms with Crippen LogP contribution in [0.5, 0.6) is 5.75 Å². The van der Waals surface area contributed by atoms with Crippen LogP contribution in [0.3, 0.4) is 0 Å². The lowest BCUT2D eigenvalue weighted by Crippen LogP contribution is -2.30. The first kappa shape index (κ1) is 17.7. The number of aromatic nitrogens is 4. The number of nitrogens with zero attached hydrogens (tertiary/aromatic N) is 3. The van der Waals surface area contributed by atoms with Crippen molar-refractivity contribution in [3.63, 3.8) is 0 Å². The molecular formula is C17H18N6O2S. The van der Waals surface area contributed by atoms with Crippen LogP contribution in [0.25, 0.3) is 0 Å². The lowest BCUT2D eigenvalue weighted by molar-refractivity contribution is -0.119. The van der Waals surface area contributed by atoms with Gasteiger partial charge in [-0.15, -0.1) is 5.10 Å².